The van der Waals surface area contributed by atoms with Crippen LogP contribution in [0.3, 0.4) is 0 Å². The molecule has 214 valence electrons. The number of ether oxygens (including phenoxy) is 3. The van der Waals surface area contributed by atoms with Crippen LogP contribution in [-0.2, 0) is 32.2 Å². The maximum absolute atomic E-state index is 10.3. The van der Waals surface area contributed by atoms with Crippen LogP contribution in [0, 0.1) is 0 Å². The van der Waals surface area contributed by atoms with Gasteiger partial charge in [-0.3, -0.25) is 19.5 Å². The standard InChI is InChI=1S/C21H28N2O3.C6H8O7/c1-3-25-20-10-9-17(13-21(20)24-2)14-23(16-19-8-6-12-26-19)15-18-7-4-5-11-22-18;7-3(8)1-6(13,5(11)12)2-4(9)10/h4-5,7,9-11,13,19H,3,6,8,12,14-16H2,1-2H3;13H,1-2H2,(H,7,8)(H,9,10)(H,11,12). The molecule has 1 aliphatic heterocycles. The third kappa shape index (κ3) is 10.9. The topological polar surface area (TPSA) is 176 Å². The lowest BCUT2D eigenvalue weighted by Crippen LogP contribution is -2.42. The Morgan fingerprint density at radius 3 is 2.31 bits per heavy atom. The van der Waals surface area contributed by atoms with Crippen molar-refractivity contribution in [3.8, 4) is 11.5 Å². The van der Waals surface area contributed by atoms with E-state index in [0.29, 0.717) is 12.7 Å². The van der Waals surface area contributed by atoms with E-state index in [1.807, 2.05) is 31.3 Å². The van der Waals surface area contributed by atoms with Crippen LogP contribution in [0.1, 0.15) is 43.9 Å². The maximum Gasteiger partial charge on any atom is 0.336 e. The Morgan fingerprint density at radius 1 is 1.08 bits per heavy atom. The minimum absolute atomic E-state index is 0.309. The van der Waals surface area contributed by atoms with Crippen LogP contribution in [-0.4, -0.2) is 86.8 Å². The van der Waals surface area contributed by atoms with E-state index in [0.717, 1.165) is 56.3 Å². The van der Waals surface area contributed by atoms with Crippen LogP contribution in [0.25, 0.3) is 0 Å². The van der Waals surface area contributed by atoms with Gasteiger partial charge in [0.05, 0.1) is 38.4 Å². The van der Waals surface area contributed by atoms with E-state index >= 15 is 0 Å². The van der Waals surface area contributed by atoms with E-state index in [9.17, 15) is 14.4 Å². The van der Waals surface area contributed by atoms with E-state index in [-0.39, 0.29) is 0 Å². The predicted octanol–water partition coefficient (Wildman–Crippen LogP) is 2.42. The SMILES string of the molecule is CCOc1ccc(CN(Cc2ccccn2)CC2CCCO2)cc1OC.O=C(O)CC(O)(CC(=O)O)C(=O)O. The molecule has 0 spiro atoms. The second-order valence-corrected chi connectivity index (χ2v) is 9.02. The van der Waals surface area contributed by atoms with Crippen LogP contribution >= 0.6 is 0 Å². The molecule has 1 fully saturated rings. The van der Waals surface area contributed by atoms with Crippen LogP contribution in [0.2, 0.25) is 0 Å². The lowest BCUT2D eigenvalue weighted by Gasteiger charge is -2.25. The molecule has 39 heavy (non-hydrogen) atoms. The minimum atomic E-state index is -2.74. The molecule has 2 aromatic rings. The smallest absolute Gasteiger partial charge is 0.336 e. The van der Waals surface area contributed by atoms with Crippen molar-refractivity contribution in [2.75, 3.05) is 26.9 Å². The Kier molecular flexibility index (Phi) is 12.6. The molecule has 4 N–H and O–H groups in total. The van der Waals surface area contributed by atoms with Crippen molar-refractivity contribution in [1.82, 2.24) is 9.88 Å². The fourth-order valence-electron chi connectivity index (χ4n) is 4.04. The van der Waals surface area contributed by atoms with Crippen molar-refractivity contribution < 1.29 is 49.0 Å². The first kappa shape index (κ1) is 31.5. The van der Waals surface area contributed by atoms with Crippen molar-refractivity contribution in [3.63, 3.8) is 0 Å². The second kappa shape index (κ2) is 15.6. The first-order valence-electron chi connectivity index (χ1n) is 12.5. The first-order valence-corrected chi connectivity index (χ1v) is 12.5. The molecule has 0 saturated carbocycles. The third-order valence-corrected chi connectivity index (χ3v) is 5.82. The molecule has 1 aromatic heterocycles. The Hall–Kier alpha value is -3.74. The molecule has 2 heterocycles. The summed E-state index contributed by atoms with van der Waals surface area (Å²) >= 11 is 0. The predicted molar refractivity (Wildman–Crippen MR) is 139 cm³/mol. The number of carboxylic acids is 3. The molecule has 1 atom stereocenters. The van der Waals surface area contributed by atoms with Crippen LogP contribution in [0.4, 0.5) is 0 Å². The number of methoxy groups -OCH3 is 1. The van der Waals surface area contributed by atoms with Crippen LogP contribution in [0.5, 0.6) is 11.5 Å². The van der Waals surface area contributed by atoms with Crippen molar-refractivity contribution >= 4 is 17.9 Å². The number of hydrogen-bond acceptors (Lipinski definition) is 9. The summed E-state index contributed by atoms with van der Waals surface area (Å²) in [7, 11) is 1.68. The van der Waals surface area contributed by atoms with Crippen molar-refractivity contribution in [1.29, 1.82) is 0 Å². The molecular formula is C27H36N2O10. The maximum atomic E-state index is 10.3. The summed E-state index contributed by atoms with van der Waals surface area (Å²) in [6.07, 6.45) is 2.15. The molecule has 0 radical (unpaired) electrons. The molecule has 3 rings (SSSR count). The average Bonchev–Trinajstić information content (AvgIpc) is 3.38. The molecule has 1 saturated heterocycles. The van der Waals surface area contributed by atoms with Gasteiger partial charge in [0, 0.05) is 32.4 Å². The Labute approximate surface area is 226 Å². The number of aliphatic carboxylic acids is 3. The van der Waals surface area contributed by atoms with Gasteiger partial charge < -0.3 is 34.6 Å². The Morgan fingerprint density at radius 2 is 1.79 bits per heavy atom. The number of rotatable bonds is 14. The number of aromatic nitrogens is 1. The van der Waals surface area contributed by atoms with Crippen LogP contribution < -0.4 is 9.47 Å². The lowest BCUT2D eigenvalue weighted by atomic mass is 9.96. The fourth-order valence-corrected chi connectivity index (χ4v) is 4.04. The third-order valence-electron chi connectivity index (χ3n) is 5.82. The van der Waals surface area contributed by atoms with E-state index < -0.39 is 36.4 Å². The molecule has 12 heteroatoms. The summed E-state index contributed by atoms with van der Waals surface area (Å²) < 4.78 is 17.0. The highest BCUT2D eigenvalue weighted by Gasteiger charge is 2.40. The average molecular weight is 549 g/mol. The number of pyridine rings is 1. The molecule has 1 aliphatic rings. The van der Waals surface area contributed by atoms with Gasteiger partial charge in [-0.05, 0) is 49.6 Å². The molecule has 1 unspecified atom stereocenters. The van der Waals surface area contributed by atoms with Gasteiger partial charge >= 0.3 is 17.9 Å². The zero-order chi connectivity index (χ0) is 28.8. The molecule has 0 amide bonds. The molecular weight excluding hydrogens is 512 g/mol. The normalized spacial score (nSPS) is 14.8. The van der Waals surface area contributed by atoms with Crippen LogP contribution in [0.15, 0.2) is 42.6 Å². The minimum Gasteiger partial charge on any atom is -0.493 e. The number of carboxylic acid groups (broad SMARTS) is 3. The number of nitrogens with zero attached hydrogens (tertiary/aromatic N) is 2. The lowest BCUT2D eigenvalue weighted by molar-refractivity contribution is -0.170. The quantitative estimate of drug-likeness (QED) is 0.272. The highest BCUT2D eigenvalue weighted by molar-refractivity contribution is 5.88. The zero-order valence-corrected chi connectivity index (χ0v) is 22.1. The van der Waals surface area contributed by atoms with Gasteiger partial charge in [-0.25, -0.2) is 4.79 Å². The molecule has 12 nitrogen and oxygen atoms in total. The van der Waals surface area contributed by atoms with E-state index in [1.54, 1.807) is 7.11 Å². The van der Waals surface area contributed by atoms with Gasteiger partial charge in [-0.1, -0.05) is 12.1 Å². The monoisotopic (exact) mass is 548 g/mol. The fraction of sp³-hybridized carbons (Fsp3) is 0.481. The van der Waals surface area contributed by atoms with Gasteiger partial charge in [-0.2, -0.15) is 0 Å². The van der Waals surface area contributed by atoms with Gasteiger partial charge in [0.1, 0.15) is 0 Å². The summed E-state index contributed by atoms with van der Waals surface area (Å²) in [5, 5.41) is 33.8. The molecule has 0 aliphatic carbocycles. The first-order chi connectivity index (χ1) is 18.6. The van der Waals surface area contributed by atoms with Gasteiger partial charge in [0.25, 0.3) is 0 Å². The van der Waals surface area contributed by atoms with Gasteiger partial charge in [0.15, 0.2) is 17.1 Å². The second-order valence-electron chi connectivity index (χ2n) is 9.02. The van der Waals surface area contributed by atoms with Gasteiger partial charge in [0.2, 0.25) is 0 Å². The van der Waals surface area contributed by atoms with E-state index in [1.165, 1.54) is 5.56 Å². The van der Waals surface area contributed by atoms with E-state index in [4.69, 9.17) is 34.6 Å². The summed E-state index contributed by atoms with van der Waals surface area (Å²) in [6.45, 7) is 6.00. The number of hydrogen-bond donors (Lipinski definition) is 4. The van der Waals surface area contributed by atoms with Crippen molar-refractivity contribution in [2.45, 2.75) is 57.4 Å². The highest BCUT2D eigenvalue weighted by atomic mass is 16.5. The number of carbonyl (C=O) groups is 3. The largest absolute Gasteiger partial charge is 0.493 e. The molecule has 0 bridgehead atoms. The van der Waals surface area contributed by atoms with Crippen molar-refractivity contribution in [3.05, 3.63) is 53.9 Å². The molecule has 1 aromatic carbocycles. The Bertz CT molecular complexity index is 1060. The van der Waals surface area contributed by atoms with Gasteiger partial charge in [-0.15, -0.1) is 0 Å². The highest BCUT2D eigenvalue weighted by Crippen LogP contribution is 2.29. The summed E-state index contributed by atoms with van der Waals surface area (Å²) in [5.74, 6) is -3.46. The summed E-state index contributed by atoms with van der Waals surface area (Å²) in [6, 6.07) is 12.2. The summed E-state index contributed by atoms with van der Waals surface area (Å²) in [5.41, 5.74) is -0.472. The summed E-state index contributed by atoms with van der Waals surface area (Å²) in [4.78, 5) is 37.4. The Balaban J connectivity index is 0.000000349. The number of benzene rings is 1. The number of aliphatic hydroxyl groups is 1. The van der Waals surface area contributed by atoms with E-state index in [2.05, 4.69) is 28.1 Å². The zero-order valence-electron chi connectivity index (χ0n) is 22.1. The van der Waals surface area contributed by atoms with Crippen molar-refractivity contribution in [2.24, 2.45) is 0 Å².